The van der Waals surface area contributed by atoms with Crippen molar-refractivity contribution in [2.24, 2.45) is 5.92 Å². The fourth-order valence-electron chi connectivity index (χ4n) is 2.73. The zero-order valence-electron chi connectivity index (χ0n) is 17.3. The van der Waals surface area contributed by atoms with Crippen molar-refractivity contribution in [3.8, 4) is 0 Å². The van der Waals surface area contributed by atoms with E-state index in [2.05, 4.69) is 32.2 Å². The Labute approximate surface area is 160 Å². The molecule has 150 valence electrons. The second kappa shape index (κ2) is 15.7. The van der Waals surface area contributed by atoms with E-state index >= 15 is 0 Å². The van der Waals surface area contributed by atoms with Crippen LogP contribution in [0.5, 0.6) is 0 Å². The molecule has 1 atom stereocenters. The molecule has 0 bridgehead atoms. The maximum absolute atomic E-state index is 12.0. The molecule has 26 heavy (non-hydrogen) atoms. The third kappa shape index (κ3) is 14.7. The van der Waals surface area contributed by atoms with Gasteiger partial charge in [0.1, 0.15) is 0 Å². The van der Waals surface area contributed by atoms with Crippen molar-refractivity contribution in [3.05, 3.63) is 23.3 Å². The van der Waals surface area contributed by atoms with Crippen LogP contribution in [0.15, 0.2) is 23.3 Å². The summed E-state index contributed by atoms with van der Waals surface area (Å²) in [5.74, 6) is -1.69. The van der Waals surface area contributed by atoms with Gasteiger partial charge in [-0.3, -0.25) is 9.59 Å². The van der Waals surface area contributed by atoms with Crippen LogP contribution in [0.2, 0.25) is 0 Å². The number of hydrogen-bond acceptors (Lipinski definition) is 2. The number of carboxylic acid groups (broad SMARTS) is 1. The number of unbranched alkanes of at least 4 members (excludes halogenated alkanes) is 5. The zero-order valence-corrected chi connectivity index (χ0v) is 17.3. The fraction of sp³-hybridized carbons (Fsp3) is 0.727. The molecule has 0 aromatic carbocycles. The molecule has 0 aliphatic carbocycles. The summed E-state index contributed by atoms with van der Waals surface area (Å²) in [6, 6.07) is 0. The SMILES string of the molecule is CCCCCCCCNC(=O)CC(CC=C(C)CCC=C(C)C)C(=O)O. The normalized spacial score (nSPS) is 12.5. The number of hydrogen-bond donors (Lipinski definition) is 2. The predicted octanol–water partition coefficient (Wildman–Crippen LogP) is 5.64. The molecule has 1 amide bonds. The van der Waals surface area contributed by atoms with Crippen molar-refractivity contribution in [1.29, 1.82) is 0 Å². The maximum atomic E-state index is 12.0. The standard InChI is InChI=1S/C22H39NO3/c1-5-6-7-8-9-10-16-23-21(24)17-20(22(25)26)15-14-19(4)13-11-12-18(2)3/h12,14,20H,5-11,13,15-17H2,1-4H3,(H,23,24)(H,25,26). The second-order valence-electron chi connectivity index (χ2n) is 7.46. The summed E-state index contributed by atoms with van der Waals surface area (Å²) in [5.41, 5.74) is 2.48. The van der Waals surface area contributed by atoms with Gasteiger partial charge in [-0.05, 0) is 46.5 Å². The van der Waals surface area contributed by atoms with Gasteiger partial charge in [0.05, 0.1) is 5.92 Å². The van der Waals surface area contributed by atoms with E-state index in [1.54, 1.807) is 0 Å². The van der Waals surface area contributed by atoms with Crippen molar-refractivity contribution in [1.82, 2.24) is 5.32 Å². The Morgan fingerprint density at radius 2 is 1.65 bits per heavy atom. The minimum absolute atomic E-state index is 0.0585. The molecular formula is C22H39NO3. The van der Waals surface area contributed by atoms with E-state index in [9.17, 15) is 14.7 Å². The first-order valence-electron chi connectivity index (χ1n) is 10.1. The van der Waals surface area contributed by atoms with Gasteiger partial charge in [-0.1, -0.05) is 62.3 Å². The van der Waals surface area contributed by atoms with Crippen LogP contribution < -0.4 is 5.32 Å². The van der Waals surface area contributed by atoms with Gasteiger partial charge in [-0.25, -0.2) is 0 Å². The molecule has 2 N–H and O–H groups in total. The van der Waals surface area contributed by atoms with Gasteiger partial charge in [-0.2, -0.15) is 0 Å². The van der Waals surface area contributed by atoms with Gasteiger partial charge in [0, 0.05) is 13.0 Å². The highest BCUT2D eigenvalue weighted by Crippen LogP contribution is 2.14. The summed E-state index contributed by atoms with van der Waals surface area (Å²) in [6.07, 6.45) is 13.6. The summed E-state index contributed by atoms with van der Waals surface area (Å²) in [4.78, 5) is 23.4. The van der Waals surface area contributed by atoms with Gasteiger partial charge in [0.25, 0.3) is 0 Å². The van der Waals surface area contributed by atoms with Crippen LogP contribution in [0, 0.1) is 5.92 Å². The van der Waals surface area contributed by atoms with E-state index < -0.39 is 11.9 Å². The molecule has 0 aliphatic rings. The minimum Gasteiger partial charge on any atom is -0.481 e. The molecule has 0 aromatic rings. The Morgan fingerprint density at radius 3 is 2.27 bits per heavy atom. The van der Waals surface area contributed by atoms with E-state index in [4.69, 9.17) is 0 Å². The Kier molecular flexibility index (Phi) is 14.7. The molecule has 0 saturated carbocycles. The third-order valence-corrected chi connectivity index (χ3v) is 4.48. The van der Waals surface area contributed by atoms with Crippen LogP contribution in [0.3, 0.4) is 0 Å². The number of amides is 1. The van der Waals surface area contributed by atoms with E-state index in [1.165, 1.54) is 36.8 Å². The quantitative estimate of drug-likeness (QED) is 0.292. The van der Waals surface area contributed by atoms with E-state index in [1.807, 2.05) is 13.0 Å². The van der Waals surface area contributed by atoms with Gasteiger partial charge in [-0.15, -0.1) is 0 Å². The first-order chi connectivity index (χ1) is 12.4. The van der Waals surface area contributed by atoms with Crippen molar-refractivity contribution >= 4 is 11.9 Å². The summed E-state index contributed by atoms with van der Waals surface area (Å²) >= 11 is 0. The van der Waals surface area contributed by atoms with Gasteiger partial charge < -0.3 is 10.4 Å². The number of nitrogens with one attached hydrogen (secondary N) is 1. The Balaban J connectivity index is 4.11. The highest BCUT2D eigenvalue weighted by atomic mass is 16.4. The summed E-state index contributed by atoms with van der Waals surface area (Å²) in [7, 11) is 0. The number of carbonyl (C=O) groups is 2. The van der Waals surface area contributed by atoms with Crippen molar-refractivity contribution in [2.75, 3.05) is 6.54 Å². The number of carbonyl (C=O) groups excluding carboxylic acids is 1. The molecule has 0 saturated heterocycles. The lowest BCUT2D eigenvalue weighted by molar-refractivity contribution is -0.143. The van der Waals surface area contributed by atoms with E-state index in [0.29, 0.717) is 13.0 Å². The van der Waals surface area contributed by atoms with Crippen LogP contribution in [0.4, 0.5) is 0 Å². The largest absolute Gasteiger partial charge is 0.481 e. The molecule has 0 aromatic heterocycles. The summed E-state index contributed by atoms with van der Waals surface area (Å²) < 4.78 is 0. The smallest absolute Gasteiger partial charge is 0.307 e. The average molecular weight is 366 g/mol. The second-order valence-corrected chi connectivity index (χ2v) is 7.46. The van der Waals surface area contributed by atoms with Crippen LogP contribution in [0.25, 0.3) is 0 Å². The molecule has 0 radical (unpaired) electrons. The monoisotopic (exact) mass is 365 g/mol. The van der Waals surface area contributed by atoms with Crippen LogP contribution in [-0.2, 0) is 9.59 Å². The fourth-order valence-corrected chi connectivity index (χ4v) is 2.73. The first kappa shape index (κ1) is 24.4. The maximum Gasteiger partial charge on any atom is 0.307 e. The van der Waals surface area contributed by atoms with Gasteiger partial charge in [0.15, 0.2) is 0 Å². The lowest BCUT2D eigenvalue weighted by atomic mass is 9.98. The molecule has 1 unspecified atom stereocenters. The van der Waals surface area contributed by atoms with Crippen molar-refractivity contribution in [3.63, 3.8) is 0 Å². The highest BCUT2D eigenvalue weighted by molar-refractivity contribution is 5.82. The molecule has 4 nitrogen and oxygen atoms in total. The molecular weight excluding hydrogens is 326 g/mol. The van der Waals surface area contributed by atoms with Gasteiger partial charge in [0.2, 0.25) is 5.91 Å². The highest BCUT2D eigenvalue weighted by Gasteiger charge is 2.19. The molecule has 4 heteroatoms. The van der Waals surface area contributed by atoms with Crippen LogP contribution in [0.1, 0.15) is 91.9 Å². The van der Waals surface area contributed by atoms with Crippen molar-refractivity contribution in [2.45, 2.75) is 91.9 Å². The minimum atomic E-state index is -0.895. The van der Waals surface area contributed by atoms with Crippen molar-refractivity contribution < 1.29 is 14.7 Å². The number of allylic oxidation sites excluding steroid dienone is 4. The lowest BCUT2D eigenvalue weighted by Crippen LogP contribution is -2.29. The first-order valence-corrected chi connectivity index (χ1v) is 10.1. The summed E-state index contributed by atoms with van der Waals surface area (Å²) in [5, 5.41) is 12.2. The Hall–Kier alpha value is -1.58. The third-order valence-electron chi connectivity index (χ3n) is 4.48. The predicted molar refractivity (Wildman–Crippen MR) is 109 cm³/mol. The zero-order chi connectivity index (χ0) is 19.8. The number of aliphatic carboxylic acids is 1. The molecule has 0 fully saturated rings. The number of rotatable bonds is 15. The van der Waals surface area contributed by atoms with E-state index in [0.717, 1.165) is 25.7 Å². The summed E-state index contributed by atoms with van der Waals surface area (Å²) in [6.45, 7) is 9.01. The molecule has 0 spiro atoms. The number of carboxylic acids is 1. The molecule has 0 rings (SSSR count). The topological polar surface area (TPSA) is 66.4 Å². The van der Waals surface area contributed by atoms with Crippen LogP contribution in [-0.4, -0.2) is 23.5 Å². The lowest BCUT2D eigenvalue weighted by Gasteiger charge is -2.11. The van der Waals surface area contributed by atoms with E-state index in [-0.39, 0.29) is 12.3 Å². The Morgan fingerprint density at radius 1 is 1.00 bits per heavy atom. The Bertz CT molecular complexity index is 462. The molecule has 0 heterocycles. The average Bonchev–Trinajstić information content (AvgIpc) is 2.57. The van der Waals surface area contributed by atoms with Crippen LogP contribution >= 0.6 is 0 Å². The molecule has 0 aliphatic heterocycles. The van der Waals surface area contributed by atoms with Gasteiger partial charge >= 0.3 is 5.97 Å².